The Morgan fingerprint density at radius 3 is 2.84 bits per heavy atom. The number of nitrogens with two attached hydrogens (primary N) is 1. The topological polar surface area (TPSA) is 72.9 Å². The molecule has 0 saturated carbocycles. The first-order chi connectivity index (χ1) is 9.02. The van der Waals surface area contributed by atoms with E-state index in [1.165, 1.54) is 0 Å². The van der Waals surface area contributed by atoms with Gasteiger partial charge in [0.1, 0.15) is 0 Å². The first-order valence-electron chi connectivity index (χ1n) is 6.55. The van der Waals surface area contributed by atoms with Gasteiger partial charge in [-0.25, -0.2) is 0 Å². The Morgan fingerprint density at radius 2 is 2.21 bits per heavy atom. The van der Waals surface area contributed by atoms with Crippen LogP contribution in [0.25, 0.3) is 10.9 Å². The number of fused-ring (bicyclic) bond motifs is 1. The zero-order valence-corrected chi connectivity index (χ0v) is 11.6. The highest BCUT2D eigenvalue weighted by atomic mass is 16.2. The van der Waals surface area contributed by atoms with E-state index in [1.807, 2.05) is 49.8 Å². The van der Waals surface area contributed by atoms with Crippen LogP contribution in [0.4, 0.5) is 5.69 Å². The number of benzene rings is 1. The van der Waals surface area contributed by atoms with Crippen LogP contribution in [0.15, 0.2) is 24.4 Å². The van der Waals surface area contributed by atoms with E-state index >= 15 is 0 Å². The van der Waals surface area contributed by atoms with Crippen LogP contribution in [-0.4, -0.2) is 21.7 Å². The van der Waals surface area contributed by atoms with Gasteiger partial charge in [-0.1, -0.05) is 13.8 Å². The molecule has 1 amide bonds. The first-order valence-corrected chi connectivity index (χ1v) is 6.55. The third-order valence-corrected chi connectivity index (χ3v) is 3.23. The number of aromatic nitrogens is 2. The Kier molecular flexibility index (Phi) is 3.85. The summed E-state index contributed by atoms with van der Waals surface area (Å²) in [7, 11) is 0. The molecule has 0 aliphatic heterocycles. The van der Waals surface area contributed by atoms with Crippen LogP contribution in [0.5, 0.6) is 0 Å². The second kappa shape index (κ2) is 5.40. The molecule has 0 fully saturated rings. The maximum absolute atomic E-state index is 11.9. The number of anilines is 1. The predicted octanol–water partition coefficient (Wildman–Crippen LogP) is 1.98. The molecule has 3 N–H and O–H groups in total. The summed E-state index contributed by atoms with van der Waals surface area (Å²) in [6.45, 7) is 6.69. The highest BCUT2D eigenvalue weighted by Gasteiger charge is 2.17. The number of carbonyl (C=O) groups is 1. The zero-order chi connectivity index (χ0) is 14.0. The predicted molar refractivity (Wildman–Crippen MR) is 76.9 cm³/mol. The Bertz CT molecular complexity index is 588. The number of hydrogen-bond donors (Lipinski definition) is 2. The van der Waals surface area contributed by atoms with Crippen molar-refractivity contribution in [3.05, 3.63) is 24.4 Å². The molecule has 2 rings (SSSR count). The van der Waals surface area contributed by atoms with Crippen molar-refractivity contribution in [1.29, 1.82) is 0 Å². The number of nitrogens with zero attached hydrogens (tertiary/aromatic N) is 2. The molecule has 0 spiro atoms. The average Bonchev–Trinajstić information content (AvgIpc) is 2.79. The van der Waals surface area contributed by atoms with Crippen molar-refractivity contribution in [3.8, 4) is 0 Å². The van der Waals surface area contributed by atoms with E-state index < -0.39 is 6.04 Å². The Morgan fingerprint density at radius 1 is 1.47 bits per heavy atom. The lowest BCUT2D eigenvalue weighted by molar-refractivity contribution is -0.118. The second-order valence-corrected chi connectivity index (χ2v) is 4.99. The normalized spacial score (nSPS) is 12.9. The molecule has 1 aromatic carbocycles. The lowest BCUT2D eigenvalue weighted by atomic mass is 10.0. The van der Waals surface area contributed by atoms with E-state index in [-0.39, 0.29) is 11.8 Å². The molecule has 1 aromatic heterocycles. The van der Waals surface area contributed by atoms with E-state index in [1.54, 1.807) is 0 Å². The van der Waals surface area contributed by atoms with E-state index in [4.69, 9.17) is 5.73 Å². The van der Waals surface area contributed by atoms with Crippen molar-refractivity contribution < 1.29 is 4.79 Å². The maximum Gasteiger partial charge on any atom is 0.241 e. The molecule has 0 aliphatic rings. The molecule has 0 radical (unpaired) electrons. The highest BCUT2D eigenvalue weighted by Crippen LogP contribution is 2.19. The van der Waals surface area contributed by atoms with Crippen molar-refractivity contribution in [2.75, 3.05) is 5.32 Å². The lowest BCUT2D eigenvalue weighted by Crippen LogP contribution is -2.39. The number of carbonyl (C=O) groups excluding carboxylic acids is 1. The third-order valence-electron chi connectivity index (χ3n) is 3.23. The molecule has 5 heteroatoms. The molecule has 2 aromatic rings. The lowest BCUT2D eigenvalue weighted by Gasteiger charge is -2.15. The van der Waals surface area contributed by atoms with Crippen molar-refractivity contribution in [2.45, 2.75) is 33.4 Å². The minimum Gasteiger partial charge on any atom is -0.325 e. The van der Waals surface area contributed by atoms with E-state index in [0.717, 1.165) is 23.1 Å². The van der Waals surface area contributed by atoms with Crippen LogP contribution in [-0.2, 0) is 11.3 Å². The fraction of sp³-hybridized carbons (Fsp3) is 0.429. The molecular formula is C14H20N4O. The van der Waals surface area contributed by atoms with Gasteiger partial charge < -0.3 is 11.1 Å². The van der Waals surface area contributed by atoms with Gasteiger partial charge in [0.25, 0.3) is 0 Å². The van der Waals surface area contributed by atoms with E-state index in [0.29, 0.717) is 0 Å². The van der Waals surface area contributed by atoms with Gasteiger partial charge in [0.15, 0.2) is 0 Å². The summed E-state index contributed by atoms with van der Waals surface area (Å²) in [5.74, 6) is -0.0400. The number of rotatable bonds is 4. The molecule has 19 heavy (non-hydrogen) atoms. The van der Waals surface area contributed by atoms with Crippen LogP contribution in [0.3, 0.4) is 0 Å². The average molecular weight is 260 g/mol. The fourth-order valence-electron chi connectivity index (χ4n) is 1.93. The summed E-state index contributed by atoms with van der Waals surface area (Å²) in [5.41, 5.74) is 7.59. The van der Waals surface area contributed by atoms with E-state index in [9.17, 15) is 4.79 Å². The molecule has 0 saturated heterocycles. The minimum atomic E-state index is -0.494. The van der Waals surface area contributed by atoms with Crippen molar-refractivity contribution in [1.82, 2.24) is 9.78 Å². The van der Waals surface area contributed by atoms with Crippen LogP contribution >= 0.6 is 0 Å². The maximum atomic E-state index is 11.9. The van der Waals surface area contributed by atoms with Gasteiger partial charge in [0.2, 0.25) is 5.91 Å². The van der Waals surface area contributed by atoms with Crippen molar-refractivity contribution in [2.24, 2.45) is 11.7 Å². The molecular weight excluding hydrogens is 240 g/mol. The number of aryl methyl sites for hydroxylation is 1. The van der Waals surface area contributed by atoms with Gasteiger partial charge in [-0.2, -0.15) is 5.10 Å². The number of hydrogen-bond acceptors (Lipinski definition) is 3. The molecule has 5 nitrogen and oxygen atoms in total. The fourth-order valence-corrected chi connectivity index (χ4v) is 1.93. The first kappa shape index (κ1) is 13.5. The quantitative estimate of drug-likeness (QED) is 0.882. The Balaban J connectivity index is 2.23. The van der Waals surface area contributed by atoms with Crippen LogP contribution < -0.4 is 11.1 Å². The Labute approximate surface area is 112 Å². The number of nitrogens with one attached hydrogen (secondary N) is 1. The van der Waals surface area contributed by atoms with Gasteiger partial charge in [-0.05, 0) is 31.0 Å². The summed E-state index contributed by atoms with van der Waals surface area (Å²) >= 11 is 0. The van der Waals surface area contributed by atoms with Crippen molar-refractivity contribution in [3.63, 3.8) is 0 Å². The number of amides is 1. The summed E-state index contributed by atoms with van der Waals surface area (Å²) in [6.07, 6.45) is 1.82. The summed E-state index contributed by atoms with van der Waals surface area (Å²) in [6, 6.07) is 5.25. The third kappa shape index (κ3) is 2.76. The van der Waals surface area contributed by atoms with Gasteiger partial charge in [0, 0.05) is 17.6 Å². The summed E-state index contributed by atoms with van der Waals surface area (Å²) < 4.78 is 1.90. The van der Waals surface area contributed by atoms with Crippen LogP contribution in [0, 0.1) is 5.92 Å². The van der Waals surface area contributed by atoms with Gasteiger partial charge in [-0.3, -0.25) is 9.48 Å². The van der Waals surface area contributed by atoms with Gasteiger partial charge in [-0.15, -0.1) is 0 Å². The SMILES string of the molecule is CCn1ncc2ccc(NC(=O)[C@@H](N)C(C)C)cc21. The molecule has 102 valence electrons. The van der Waals surface area contributed by atoms with E-state index in [2.05, 4.69) is 10.4 Å². The monoisotopic (exact) mass is 260 g/mol. The molecule has 0 unspecified atom stereocenters. The molecule has 1 atom stereocenters. The largest absolute Gasteiger partial charge is 0.325 e. The smallest absolute Gasteiger partial charge is 0.241 e. The summed E-state index contributed by atoms with van der Waals surface area (Å²) in [5, 5.41) is 8.19. The Hall–Kier alpha value is -1.88. The molecule has 0 aliphatic carbocycles. The molecule has 0 bridgehead atoms. The van der Waals surface area contributed by atoms with Gasteiger partial charge >= 0.3 is 0 Å². The minimum absolute atomic E-state index is 0.116. The second-order valence-electron chi connectivity index (χ2n) is 4.99. The standard InChI is InChI=1S/C14H20N4O/c1-4-18-12-7-11(6-5-10(12)8-16-18)17-14(19)13(15)9(2)3/h5-9,13H,4,15H2,1-3H3,(H,17,19)/t13-/m0/s1. The van der Waals surface area contributed by atoms with Crippen LogP contribution in [0.1, 0.15) is 20.8 Å². The summed E-state index contributed by atoms with van der Waals surface area (Å²) in [4.78, 5) is 11.9. The molecule has 1 heterocycles. The van der Waals surface area contributed by atoms with Gasteiger partial charge in [0.05, 0.1) is 17.8 Å². The van der Waals surface area contributed by atoms with Crippen LogP contribution in [0.2, 0.25) is 0 Å². The van der Waals surface area contributed by atoms with Crippen molar-refractivity contribution >= 4 is 22.5 Å². The zero-order valence-electron chi connectivity index (χ0n) is 11.6. The highest BCUT2D eigenvalue weighted by molar-refractivity contribution is 5.96.